The third-order valence-corrected chi connectivity index (χ3v) is 8.16. The van der Waals surface area contributed by atoms with Crippen molar-refractivity contribution < 1.29 is 32.6 Å². The van der Waals surface area contributed by atoms with Gasteiger partial charge in [0.2, 0.25) is 5.91 Å². The predicted molar refractivity (Wildman–Crippen MR) is 154 cm³/mol. The van der Waals surface area contributed by atoms with Crippen LogP contribution in [0.4, 0.5) is 8.78 Å². The molecule has 1 aliphatic carbocycles. The van der Waals surface area contributed by atoms with Crippen LogP contribution in [0.5, 0.6) is 11.5 Å². The molecule has 1 aliphatic heterocycles. The fourth-order valence-electron chi connectivity index (χ4n) is 5.01. The van der Waals surface area contributed by atoms with Crippen molar-refractivity contribution in [1.82, 2.24) is 4.90 Å². The molecule has 0 spiro atoms. The first-order chi connectivity index (χ1) is 20.2. The Balaban J connectivity index is 1.28. The molecule has 0 unspecified atom stereocenters. The Hall–Kier alpha value is -3.66. The SMILES string of the molecule is NC(=O)C1(N2CCC(c3ccc(OCCOc4c(F)ccc(Cl)c4F)cc3)=C(C(=O)OCc3ccccc3Cl)C2)CC1. The molecule has 3 aromatic rings. The highest BCUT2D eigenvalue weighted by molar-refractivity contribution is 6.31. The van der Waals surface area contributed by atoms with Crippen LogP contribution in [0.2, 0.25) is 10.0 Å². The zero-order valence-corrected chi connectivity index (χ0v) is 24.0. The second kappa shape index (κ2) is 12.7. The van der Waals surface area contributed by atoms with Gasteiger partial charge in [-0.2, -0.15) is 0 Å². The first kappa shape index (κ1) is 29.8. The normalized spacial score (nSPS) is 16.2. The molecule has 220 valence electrons. The summed E-state index contributed by atoms with van der Waals surface area (Å²) in [6, 6.07) is 16.4. The Labute approximate surface area is 251 Å². The van der Waals surface area contributed by atoms with Crippen LogP contribution in [0.3, 0.4) is 0 Å². The second-order valence-corrected chi connectivity index (χ2v) is 10.9. The number of nitrogens with zero attached hydrogens (tertiary/aromatic N) is 1. The van der Waals surface area contributed by atoms with E-state index in [0.29, 0.717) is 47.7 Å². The number of hydrogen-bond acceptors (Lipinski definition) is 6. The van der Waals surface area contributed by atoms with Crippen LogP contribution >= 0.6 is 23.2 Å². The lowest BCUT2D eigenvalue weighted by Crippen LogP contribution is -2.50. The van der Waals surface area contributed by atoms with E-state index in [1.807, 2.05) is 23.1 Å². The molecule has 1 fully saturated rings. The summed E-state index contributed by atoms with van der Waals surface area (Å²) in [5.41, 5.74) is 7.73. The van der Waals surface area contributed by atoms with Crippen molar-refractivity contribution >= 4 is 40.7 Å². The van der Waals surface area contributed by atoms with Crippen molar-refractivity contribution in [2.75, 3.05) is 26.3 Å². The third-order valence-electron chi connectivity index (χ3n) is 7.50. The van der Waals surface area contributed by atoms with Gasteiger partial charge in [0.25, 0.3) is 0 Å². The standard InChI is InChI=1S/C31H28Cl2F2N2O5/c32-24-4-2-1-3-20(24)18-42-29(38)23-17-37(31(12-13-31)30(36)39)14-11-22(23)19-5-7-21(8-6-19)40-15-16-41-28-26(34)10-9-25(33)27(28)35/h1-10H,11-18H2,(H2,36,39). The van der Waals surface area contributed by atoms with Crippen LogP contribution in [0, 0.1) is 11.6 Å². The lowest BCUT2D eigenvalue weighted by Gasteiger charge is -2.35. The number of rotatable bonds is 11. The fourth-order valence-corrected chi connectivity index (χ4v) is 5.35. The first-order valence-electron chi connectivity index (χ1n) is 13.4. The van der Waals surface area contributed by atoms with Crippen molar-refractivity contribution in [2.45, 2.75) is 31.4 Å². The molecule has 2 aliphatic rings. The number of nitrogens with two attached hydrogens (primary N) is 1. The van der Waals surface area contributed by atoms with Crippen LogP contribution in [-0.2, 0) is 20.9 Å². The van der Waals surface area contributed by atoms with Gasteiger partial charge in [0.1, 0.15) is 31.1 Å². The zero-order chi connectivity index (χ0) is 29.9. The highest BCUT2D eigenvalue weighted by Gasteiger charge is 2.54. The fraction of sp³-hybridized carbons (Fsp3) is 0.290. The van der Waals surface area contributed by atoms with Crippen molar-refractivity contribution in [2.24, 2.45) is 5.73 Å². The first-order valence-corrected chi connectivity index (χ1v) is 14.1. The number of benzene rings is 3. The molecule has 0 atom stereocenters. The van der Waals surface area contributed by atoms with Gasteiger partial charge in [-0.15, -0.1) is 0 Å². The van der Waals surface area contributed by atoms with Gasteiger partial charge in [0.05, 0.1) is 10.6 Å². The third kappa shape index (κ3) is 6.38. The second-order valence-electron chi connectivity index (χ2n) is 10.1. The van der Waals surface area contributed by atoms with E-state index in [2.05, 4.69) is 0 Å². The van der Waals surface area contributed by atoms with Crippen LogP contribution in [0.1, 0.15) is 30.4 Å². The highest BCUT2D eigenvalue weighted by atomic mass is 35.5. The minimum absolute atomic E-state index is 0.00802. The van der Waals surface area contributed by atoms with Gasteiger partial charge in [-0.3, -0.25) is 9.69 Å². The molecular weight excluding hydrogens is 589 g/mol. The molecule has 1 saturated carbocycles. The molecule has 0 saturated heterocycles. The minimum atomic E-state index is -0.968. The maximum absolute atomic E-state index is 14.0. The number of carbonyl (C=O) groups is 2. The van der Waals surface area contributed by atoms with Crippen molar-refractivity contribution in [3.8, 4) is 11.5 Å². The summed E-state index contributed by atoms with van der Waals surface area (Å²) >= 11 is 11.9. The van der Waals surface area contributed by atoms with Gasteiger partial charge in [0.15, 0.2) is 17.4 Å². The predicted octanol–water partition coefficient (Wildman–Crippen LogP) is 5.95. The van der Waals surface area contributed by atoms with E-state index in [1.54, 1.807) is 30.3 Å². The van der Waals surface area contributed by atoms with Gasteiger partial charge in [-0.1, -0.05) is 53.5 Å². The Morgan fingerprint density at radius 1 is 0.929 bits per heavy atom. The topological polar surface area (TPSA) is 91.1 Å². The molecule has 7 nitrogen and oxygen atoms in total. The van der Waals surface area contributed by atoms with Gasteiger partial charge >= 0.3 is 5.97 Å². The largest absolute Gasteiger partial charge is 0.490 e. The summed E-state index contributed by atoms with van der Waals surface area (Å²) in [7, 11) is 0. The monoisotopic (exact) mass is 616 g/mol. The molecule has 2 N–H and O–H groups in total. The molecular formula is C31H28Cl2F2N2O5. The summed E-state index contributed by atoms with van der Waals surface area (Å²) in [5, 5.41) is 0.261. The molecule has 0 radical (unpaired) electrons. The van der Waals surface area contributed by atoms with E-state index >= 15 is 0 Å². The molecule has 0 bridgehead atoms. The molecule has 5 rings (SSSR count). The van der Waals surface area contributed by atoms with E-state index in [4.69, 9.17) is 43.1 Å². The van der Waals surface area contributed by atoms with Crippen LogP contribution < -0.4 is 15.2 Å². The summed E-state index contributed by atoms with van der Waals surface area (Å²) in [5.74, 6) is -2.76. The molecule has 1 heterocycles. The smallest absolute Gasteiger partial charge is 0.335 e. The zero-order valence-electron chi connectivity index (χ0n) is 22.5. The number of ether oxygens (including phenoxy) is 3. The number of hydrogen-bond donors (Lipinski definition) is 1. The van der Waals surface area contributed by atoms with Crippen LogP contribution in [0.25, 0.3) is 5.57 Å². The van der Waals surface area contributed by atoms with Crippen molar-refractivity contribution in [3.05, 3.63) is 99.0 Å². The van der Waals surface area contributed by atoms with Gasteiger partial charge in [0, 0.05) is 23.7 Å². The Morgan fingerprint density at radius 2 is 1.64 bits per heavy atom. The molecule has 3 aromatic carbocycles. The van der Waals surface area contributed by atoms with Crippen molar-refractivity contribution in [1.29, 1.82) is 0 Å². The summed E-state index contributed by atoms with van der Waals surface area (Å²) in [4.78, 5) is 27.6. The van der Waals surface area contributed by atoms with E-state index < -0.39 is 28.9 Å². The van der Waals surface area contributed by atoms with Gasteiger partial charge < -0.3 is 19.9 Å². The maximum atomic E-state index is 14.0. The molecule has 11 heteroatoms. The number of carbonyl (C=O) groups excluding carboxylic acids is 2. The van der Waals surface area contributed by atoms with Gasteiger partial charge in [-0.05, 0) is 60.7 Å². The number of esters is 1. The van der Waals surface area contributed by atoms with Crippen molar-refractivity contribution in [3.63, 3.8) is 0 Å². The number of halogens is 4. The molecule has 42 heavy (non-hydrogen) atoms. The van der Waals surface area contributed by atoms with E-state index in [1.165, 1.54) is 0 Å². The van der Waals surface area contributed by atoms with Crippen LogP contribution in [-0.4, -0.2) is 48.6 Å². The lowest BCUT2D eigenvalue weighted by molar-refractivity contribution is -0.141. The minimum Gasteiger partial charge on any atom is -0.490 e. The Morgan fingerprint density at radius 3 is 2.33 bits per heavy atom. The summed E-state index contributed by atoms with van der Waals surface area (Å²) in [6.07, 6.45) is 1.83. The molecule has 0 aromatic heterocycles. The summed E-state index contributed by atoms with van der Waals surface area (Å²) in [6.45, 7) is 0.711. The quantitative estimate of drug-likeness (QED) is 0.163. The van der Waals surface area contributed by atoms with Crippen LogP contribution in [0.15, 0.2) is 66.2 Å². The highest BCUT2D eigenvalue weighted by Crippen LogP contribution is 2.44. The van der Waals surface area contributed by atoms with E-state index in [0.717, 1.165) is 23.3 Å². The number of primary amides is 1. The molecule has 1 amide bonds. The average molecular weight is 617 g/mol. The summed E-state index contributed by atoms with van der Waals surface area (Å²) < 4.78 is 44.4. The van der Waals surface area contributed by atoms with E-state index in [9.17, 15) is 18.4 Å². The average Bonchev–Trinajstić information content (AvgIpc) is 3.81. The Kier molecular flexibility index (Phi) is 9.01. The number of amides is 1. The van der Waals surface area contributed by atoms with E-state index in [-0.39, 0.29) is 37.3 Å². The Bertz CT molecular complexity index is 1530. The van der Waals surface area contributed by atoms with Gasteiger partial charge in [-0.25, -0.2) is 13.6 Å². The maximum Gasteiger partial charge on any atom is 0.335 e. The lowest BCUT2D eigenvalue weighted by atomic mass is 9.92.